The van der Waals surface area contributed by atoms with Crippen LogP contribution in [0.5, 0.6) is 5.75 Å². The van der Waals surface area contributed by atoms with Crippen molar-refractivity contribution < 1.29 is 10.2 Å². The SMILES string of the molecule is Cc1ncc(CO)c(CNCc2ccc(Br)s2)c1O. The lowest BCUT2D eigenvalue weighted by Crippen LogP contribution is -2.14. The number of aromatic nitrogens is 1. The van der Waals surface area contributed by atoms with Gasteiger partial charge in [0.1, 0.15) is 5.75 Å². The molecule has 2 rings (SSSR count). The molecule has 0 atom stereocenters. The Kier molecular flexibility index (Phi) is 4.93. The molecule has 0 unspecified atom stereocenters. The lowest BCUT2D eigenvalue weighted by Gasteiger charge is -2.11. The molecule has 0 amide bonds. The minimum Gasteiger partial charge on any atom is -0.506 e. The van der Waals surface area contributed by atoms with E-state index >= 15 is 0 Å². The van der Waals surface area contributed by atoms with Gasteiger partial charge < -0.3 is 15.5 Å². The second kappa shape index (κ2) is 6.47. The van der Waals surface area contributed by atoms with E-state index in [1.165, 1.54) is 4.88 Å². The Hall–Kier alpha value is -0.950. The number of pyridine rings is 1. The molecule has 2 aromatic heterocycles. The first-order valence-corrected chi connectivity index (χ1v) is 7.45. The molecule has 2 aromatic rings. The van der Waals surface area contributed by atoms with Crippen LogP contribution in [-0.2, 0) is 19.7 Å². The van der Waals surface area contributed by atoms with Crippen LogP contribution >= 0.6 is 27.3 Å². The molecule has 0 aromatic carbocycles. The maximum atomic E-state index is 9.99. The van der Waals surface area contributed by atoms with Gasteiger partial charge in [-0.3, -0.25) is 4.98 Å². The fourth-order valence-electron chi connectivity index (χ4n) is 1.78. The van der Waals surface area contributed by atoms with E-state index in [1.807, 2.05) is 12.1 Å². The van der Waals surface area contributed by atoms with Gasteiger partial charge in [0.05, 0.1) is 16.1 Å². The Bertz CT molecular complexity index is 572. The Labute approximate surface area is 124 Å². The number of aryl methyl sites for hydroxylation is 1. The summed E-state index contributed by atoms with van der Waals surface area (Å²) >= 11 is 5.09. The third-order valence-electron chi connectivity index (χ3n) is 2.83. The van der Waals surface area contributed by atoms with E-state index in [4.69, 9.17) is 0 Å². The van der Waals surface area contributed by atoms with Crippen molar-refractivity contribution in [2.45, 2.75) is 26.6 Å². The predicted octanol–water partition coefficient (Wildman–Crippen LogP) is 2.70. The zero-order chi connectivity index (χ0) is 13.8. The molecule has 0 aliphatic rings. The quantitative estimate of drug-likeness (QED) is 0.781. The van der Waals surface area contributed by atoms with Gasteiger partial charge in [0, 0.05) is 35.3 Å². The summed E-state index contributed by atoms with van der Waals surface area (Å²) in [7, 11) is 0. The smallest absolute Gasteiger partial charge is 0.141 e. The van der Waals surface area contributed by atoms with Crippen molar-refractivity contribution in [3.63, 3.8) is 0 Å². The van der Waals surface area contributed by atoms with Crippen molar-refractivity contribution in [3.8, 4) is 5.75 Å². The molecule has 0 spiro atoms. The molecule has 0 aliphatic heterocycles. The van der Waals surface area contributed by atoms with Crippen molar-refractivity contribution >= 4 is 27.3 Å². The molecule has 0 saturated heterocycles. The third-order valence-corrected chi connectivity index (χ3v) is 4.45. The highest BCUT2D eigenvalue weighted by atomic mass is 79.9. The maximum Gasteiger partial charge on any atom is 0.141 e. The van der Waals surface area contributed by atoms with Crippen molar-refractivity contribution in [2.24, 2.45) is 0 Å². The Morgan fingerprint density at radius 2 is 2.16 bits per heavy atom. The van der Waals surface area contributed by atoms with Crippen LogP contribution in [0.25, 0.3) is 0 Å². The van der Waals surface area contributed by atoms with Crippen molar-refractivity contribution in [3.05, 3.63) is 43.8 Å². The van der Waals surface area contributed by atoms with Gasteiger partial charge >= 0.3 is 0 Å². The van der Waals surface area contributed by atoms with Gasteiger partial charge in [0.2, 0.25) is 0 Å². The number of nitrogens with zero attached hydrogens (tertiary/aromatic N) is 1. The molecule has 3 N–H and O–H groups in total. The second-order valence-electron chi connectivity index (χ2n) is 4.16. The number of hydrogen-bond donors (Lipinski definition) is 3. The highest BCUT2D eigenvalue weighted by Gasteiger charge is 2.11. The highest BCUT2D eigenvalue weighted by Crippen LogP contribution is 2.25. The number of halogens is 1. The average molecular weight is 343 g/mol. The van der Waals surface area contributed by atoms with Crippen molar-refractivity contribution in [2.75, 3.05) is 0 Å². The van der Waals surface area contributed by atoms with Crippen LogP contribution < -0.4 is 5.32 Å². The summed E-state index contributed by atoms with van der Waals surface area (Å²) in [5.74, 6) is 0.159. The molecule has 2 heterocycles. The molecule has 0 aliphatic carbocycles. The van der Waals surface area contributed by atoms with E-state index in [0.717, 1.165) is 10.3 Å². The Morgan fingerprint density at radius 1 is 1.37 bits per heavy atom. The van der Waals surface area contributed by atoms with Crippen molar-refractivity contribution in [1.29, 1.82) is 0 Å². The van der Waals surface area contributed by atoms with Gasteiger partial charge in [0.25, 0.3) is 0 Å². The standard InChI is InChI=1S/C13H15BrN2O2S/c1-8-13(18)11(9(7-17)4-16-8)6-15-5-10-2-3-12(14)19-10/h2-4,15,17-18H,5-7H2,1H3. The highest BCUT2D eigenvalue weighted by molar-refractivity contribution is 9.11. The Morgan fingerprint density at radius 3 is 2.79 bits per heavy atom. The molecule has 6 heteroatoms. The molecule has 4 nitrogen and oxygen atoms in total. The van der Waals surface area contributed by atoms with Crippen LogP contribution in [0.3, 0.4) is 0 Å². The molecule has 19 heavy (non-hydrogen) atoms. The minimum absolute atomic E-state index is 0.123. The molecular formula is C13H15BrN2O2S. The molecule has 0 bridgehead atoms. The largest absolute Gasteiger partial charge is 0.506 e. The Balaban J connectivity index is 2.04. The van der Waals surface area contributed by atoms with Gasteiger partial charge in [0.15, 0.2) is 0 Å². The second-order valence-corrected chi connectivity index (χ2v) is 6.71. The van der Waals surface area contributed by atoms with E-state index in [-0.39, 0.29) is 12.4 Å². The van der Waals surface area contributed by atoms with Gasteiger partial charge in [-0.25, -0.2) is 0 Å². The first-order chi connectivity index (χ1) is 9.11. The molecule has 0 fully saturated rings. The topological polar surface area (TPSA) is 65.4 Å². The number of rotatable bonds is 5. The van der Waals surface area contributed by atoms with Crippen LogP contribution in [0.4, 0.5) is 0 Å². The molecule has 0 saturated carbocycles. The average Bonchev–Trinajstić information content (AvgIpc) is 2.80. The summed E-state index contributed by atoms with van der Waals surface area (Å²) in [6.07, 6.45) is 1.60. The number of hydrogen-bond acceptors (Lipinski definition) is 5. The summed E-state index contributed by atoms with van der Waals surface area (Å²) in [4.78, 5) is 5.25. The van der Waals surface area contributed by atoms with Crippen LogP contribution in [-0.4, -0.2) is 15.2 Å². The first kappa shape index (κ1) is 14.5. The summed E-state index contributed by atoms with van der Waals surface area (Å²) in [6.45, 7) is 2.85. The zero-order valence-corrected chi connectivity index (χ0v) is 12.9. The monoisotopic (exact) mass is 342 g/mol. The fraction of sp³-hybridized carbons (Fsp3) is 0.308. The molecule has 102 valence electrons. The van der Waals surface area contributed by atoms with E-state index < -0.39 is 0 Å². The van der Waals surface area contributed by atoms with Crippen LogP contribution in [0.1, 0.15) is 21.7 Å². The normalized spacial score (nSPS) is 10.9. The number of aliphatic hydroxyl groups is 1. The first-order valence-electron chi connectivity index (χ1n) is 5.84. The summed E-state index contributed by atoms with van der Waals surface area (Å²) in [6, 6.07) is 4.06. The lowest BCUT2D eigenvalue weighted by molar-refractivity contribution is 0.278. The summed E-state index contributed by atoms with van der Waals surface area (Å²) in [5.41, 5.74) is 1.95. The van der Waals surface area contributed by atoms with E-state index in [0.29, 0.717) is 23.4 Å². The van der Waals surface area contributed by atoms with Crippen LogP contribution in [0.2, 0.25) is 0 Å². The number of aromatic hydroxyl groups is 1. The predicted molar refractivity (Wildman–Crippen MR) is 79.1 cm³/mol. The minimum atomic E-state index is -0.123. The van der Waals surface area contributed by atoms with E-state index in [2.05, 4.69) is 26.2 Å². The van der Waals surface area contributed by atoms with E-state index in [1.54, 1.807) is 24.5 Å². The zero-order valence-electron chi connectivity index (χ0n) is 10.5. The van der Waals surface area contributed by atoms with Gasteiger partial charge in [-0.1, -0.05) is 0 Å². The summed E-state index contributed by atoms with van der Waals surface area (Å²) < 4.78 is 1.10. The van der Waals surface area contributed by atoms with Gasteiger partial charge in [-0.2, -0.15) is 0 Å². The fourth-order valence-corrected chi connectivity index (χ4v) is 3.23. The third kappa shape index (κ3) is 3.54. The number of thiophene rings is 1. The van der Waals surface area contributed by atoms with Crippen LogP contribution in [0.15, 0.2) is 22.1 Å². The van der Waals surface area contributed by atoms with E-state index in [9.17, 15) is 10.2 Å². The number of nitrogens with one attached hydrogen (secondary N) is 1. The number of aliphatic hydroxyl groups excluding tert-OH is 1. The molecular weight excluding hydrogens is 328 g/mol. The molecule has 0 radical (unpaired) electrons. The maximum absolute atomic E-state index is 9.99. The van der Waals surface area contributed by atoms with Crippen molar-refractivity contribution in [1.82, 2.24) is 10.3 Å². The van der Waals surface area contributed by atoms with Gasteiger partial charge in [-0.15, -0.1) is 11.3 Å². The van der Waals surface area contributed by atoms with Gasteiger partial charge in [-0.05, 0) is 35.0 Å². The van der Waals surface area contributed by atoms with Crippen LogP contribution in [0, 0.1) is 6.92 Å². The lowest BCUT2D eigenvalue weighted by atomic mass is 10.1. The summed E-state index contributed by atoms with van der Waals surface area (Å²) in [5, 5.41) is 22.5.